The molecular weight excluding hydrogens is 871 g/mol. The highest BCUT2D eigenvalue weighted by Gasteiger charge is 2.42. The van der Waals surface area contributed by atoms with Gasteiger partial charge in [-0.15, -0.1) is 0 Å². The van der Waals surface area contributed by atoms with Crippen molar-refractivity contribution in [3.8, 4) is 33.8 Å². The van der Waals surface area contributed by atoms with E-state index in [1.54, 1.807) is 12.1 Å². The molecule has 6 aromatic rings. The molecule has 0 saturated heterocycles. The fourth-order valence-electron chi connectivity index (χ4n) is 8.75. The molecule has 66 heavy (non-hydrogen) atoms. The molecule has 2 fully saturated rings. The summed E-state index contributed by atoms with van der Waals surface area (Å²) in [5.74, 6) is -5.64. The molecule has 0 aliphatic heterocycles. The lowest BCUT2D eigenvalue weighted by Crippen LogP contribution is -2.25. The molecule has 2 nitrogen and oxygen atoms in total. The van der Waals surface area contributed by atoms with Gasteiger partial charge in [0.15, 0.2) is 0 Å². The Bertz CT molecular complexity index is 2580. The van der Waals surface area contributed by atoms with E-state index in [2.05, 4.69) is 23.3 Å². The zero-order chi connectivity index (χ0) is 47.5. The zero-order valence-corrected chi connectivity index (χ0v) is 37.0. The van der Waals surface area contributed by atoms with E-state index in [0.29, 0.717) is 40.7 Å². The lowest BCUT2D eigenvalue weighted by Gasteiger charge is -2.26. The van der Waals surface area contributed by atoms with Gasteiger partial charge in [0.1, 0.15) is 52.0 Å². The molecule has 0 bridgehead atoms. The normalized spacial score (nSPS) is 18.9. The first-order valence-electron chi connectivity index (χ1n) is 22.1. The summed E-state index contributed by atoms with van der Waals surface area (Å²) in [6, 6.07) is 24.6. The minimum Gasteiger partial charge on any atom is -0.429 e. The van der Waals surface area contributed by atoms with Crippen LogP contribution in [0.5, 0.6) is 11.5 Å². The van der Waals surface area contributed by atoms with Gasteiger partial charge in [-0.25, -0.2) is 26.3 Å². The maximum Gasteiger partial charge on any atom is 0.432 e. The fraction of sp³-hybridized carbons (Fsp3) is 0.333. The van der Waals surface area contributed by atoms with Crippen LogP contribution in [0.25, 0.3) is 22.3 Å². The number of rotatable bonds is 10. The van der Waals surface area contributed by atoms with Crippen molar-refractivity contribution in [3.05, 3.63) is 177 Å². The highest BCUT2D eigenvalue weighted by Crippen LogP contribution is 2.41. The summed E-state index contributed by atoms with van der Waals surface area (Å²) in [5.41, 5.74) is 1.63. The first-order chi connectivity index (χ1) is 31.3. The lowest BCUT2D eigenvalue weighted by molar-refractivity contribution is -0.189. The molecule has 0 aromatic heterocycles. The highest BCUT2D eigenvalue weighted by atomic mass is 19.3. The van der Waals surface area contributed by atoms with E-state index < -0.39 is 69.7 Å². The highest BCUT2D eigenvalue weighted by molar-refractivity contribution is 5.65. The molecule has 0 unspecified atom stereocenters. The molecule has 6 aromatic carbocycles. The van der Waals surface area contributed by atoms with Crippen molar-refractivity contribution in [1.29, 1.82) is 0 Å². The number of hydrogen-bond donors (Lipinski definition) is 0. The van der Waals surface area contributed by atoms with Crippen molar-refractivity contribution in [2.75, 3.05) is 0 Å². The van der Waals surface area contributed by atoms with Crippen molar-refractivity contribution in [1.82, 2.24) is 0 Å². The predicted octanol–water partition coefficient (Wildman–Crippen LogP) is 17.0. The van der Waals surface area contributed by atoms with Crippen molar-refractivity contribution in [2.24, 2.45) is 11.8 Å². The van der Waals surface area contributed by atoms with E-state index in [9.17, 15) is 43.9 Å². The van der Waals surface area contributed by atoms with Crippen LogP contribution in [0.4, 0.5) is 43.9 Å². The molecule has 0 N–H and O–H groups in total. The molecule has 2 aliphatic carbocycles. The molecule has 2 aliphatic rings. The lowest BCUT2D eigenvalue weighted by atomic mass is 9.79. The van der Waals surface area contributed by atoms with Crippen LogP contribution in [0.3, 0.4) is 0 Å². The Labute approximate surface area is 378 Å². The number of ether oxygens (including phenoxy) is 2. The average molecular weight is 921 g/mol. The Hall–Kier alpha value is -5.78. The number of hydrogen-bond acceptors (Lipinski definition) is 2. The topological polar surface area (TPSA) is 18.5 Å². The van der Waals surface area contributed by atoms with Crippen LogP contribution >= 0.6 is 0 Å². The van der Waals surface area contributed by atoms with Crippen LogP contribution in [-0.2, 0) is 12.2 Å². The van der Waals surface area contributed by atoms with Crippen LogP contribution in [0, 0.1) is 60.6 Å². The monoisotopic (exact) mass is 920 g/mol. The second-order valence-corrected chi connectivity index (χ2v) is 17.8. The standard InChI is InChI=1S/2C27H25F5O/c1-16-3-6-18(7-4-16)19-8-10-20(11-9-19)21-13-24(29)26(25(30)14-21)27(31,32)33-22-12-5-17(2)23(28)15-22;1-16-3-5-18(6-4-16)19-7-9-20(10-8-19)21-11-12-23(26(30)13-21)27(31,32)33-22-14-24(28)17(2)25(29)15-22/h5,8-16,18H,3-4,6-7H2,1-2H3;7-16,18H,3-6H2,1-2H3. The molecule has 348 valence electrons. The third-order valence-electron chi connectivity index (χ3n) is 13.0. The van der Waals surface area contributed by atoms with Crippen LogP contribution in [0.15, 0.2) is 109 Å². The molecule has 12 heteroatoms. The van der Waals surface area contributed by atoms with Gasteiger partial charge in [0.05, 0.1) is 5.56 Å². The zero-order valence-electron chi connectivity index (χ0n) is 37.0. The number of aryl methyl sites for hydroxylation is 1. The smallest absolute Gasteiger partial charge is 0.429 e. The minimum absolute atomic E-state index is 0.148. The van der Waals surface area contributed by atoms with Gasteiger partial charge in [0.2, 0.25) is 0 Å². The third kappa shape index (κ3) is 11.2. The molecule has 8 rings (SSSR count). The quantitative estimate of drug-likeness (QED) is 0.128. The average Bonchev–Trinajstić information content (AvgIpc) is 3.27. The molecule has 0 amide bonds. The minimum atomic E-state index is -4.32. The van der Waals surface area contributed by atoms with E-state index in [4.69, 9.17) is 0 Å². The Morgan fingerprint density at radius 3 is 1.30 bits per heavy atom. The Balaban J connectivity index is 0.000000196. The van der Waals surface area contributed by atoms with E-state index in [1.165, 1.54) is 62.8 Å². The van der Waals surface area contributed by atoms with Gasteiger partial charge in [0, 0.05) is 23.8 Å². The summed E-state index contributed by atoms with van der Waals surface area (Å²) in [6.07, 6.45) is 0.841. The van der Waals surface area contributed by atoms with Crippen LogP contribution < -0.4 is 9.47 Å². The summed E-state index contributed by atoms with van der Waals surface area (Å²) in [4.78, 5) is 0. The van der Waals surface area contributed by atoms with Gasteiger partial charge in [0.25, 0.3) is 0 Å². The van der Waals surface area contributed by atoms with Crippen LogP contribution in [0.2, 0.25) is 0 Å². The first-order valence-corrected chi connectivity index (χ1v) is 22.1. The molecular formula is C54H50F10O2. The van der Waals surface area contributed by atoms with Crippen molar-refractivity contribution in [3.63, 3.8) is 0 Å². The van der Waals surface area contributed by atoms with Crippen LogP contribution in [0.1, 0.15) is 110 Å². The molecule has 2 saturated carbocycles. The van der Waals surface area contributed by atoms with Crippen molar-refractivity contribution < 1.29 is 53.4 Å². The van der Waals surface area contributed by atoms with Crippen LogP contribution in [-0.4, -0.2) is 0 Å². The Kier molecular flexibility index (Phi) is 14.6. The Morgan fingerprint density at radius 2 is 0.833 bits per heavy atom. The molecule has 0 radical (unpaired) electrons. The van der Waals surface area contributed by atoms with Gasteiger partial charge in [-0.3, -0.25) is 0 Å². The van der Waals surface area contributed by atoms with Gasteiger partial charge in [-0.05, 0) is 132 Å². The summed E-state index contributed by atoms with van der Waals surface area (Å²) >= 11 is 0. The SMILES string of the molecule is Cc1c(F)cc(OC(F)(F)c2ccc(-c3ccc(C4CCC(C)CC4)cc3)cc2F)cc1F.Cc1ccc(OC(F)(F)c2c(F)cc(-c3ccc(C4CCC(C)CC4)cc3)cc2F)cc1F. The fourth-order valence-corrected chi connectivity index (χ4v) is 8.75. The summed E-state index contributed by atoms with van der Waals surface area (Å²) < 4.78 is 152. The second kappa shape index (κ2) is 20.0. The van der Waals surface area contributed by atoms with Gasteiger partial charge < -0.3 is 9.47 Å². The summed E-state index contributed by atoms with van der Waals surface area (Å²) in [7, 11) is 0. The third-order valence-corrected chi connectivity index (χ3v) is 13.0. The van der Waals surface area contributed by atoms with Gasteiger partial charge >= 0.3 is 12.2 Å². The van der Waals surface area contributed by atoms with E-state index in [1.807, 2.05) is 36.4 Å². The maximum atomic E-state index is 14.7. The van der Waals surface area contributed by atoms with Gasteiger partial charge in [-0.1, -0.05) is 100 Å². The predicted molar refractivity (Wildman–Crippen MR) is 236 cm³/mol. The van der Waals surface area contributed by atoms with E-state index in [-0.39, 0.29) is 16.7 Å². The first kappa shape index (κ1) is 48.2. The van der Waals surface area contributed by atoms with E-state index >= 15 is 0 Å². The largest absolute Gasteiger partial charge is 0.432 e. The van der Waals surface area contributed by atoms with Crippen molar-refractivity contribution in [2.45, 2.75) is 103 Å². The number of benzene rings is 6. The summed E-state index contributed by atoms with van der Waals surface area (Å²) in [6.45, 7) is 7.15. The molecule has 0 spiro atoms. The number of alkyl halides is 4. The second-order valence-electron chi connectivity index (χ2n) is 17.8. The van der Waals surface area contributed by atoms with Gasteiger partial charge in [-0.2, -0.15) is 17.6 Å². The van der Waals surface area contributed by atoms with Crippen molar-refractivity contribution >= 4 is 0 Å². The molecule has 0 atom stereocenters. The number of halogens is 10. The molecule has 0 heterocycles. The summed E-state index contributed by atoms with van der Waals surface area (Å²) in [5, 5.41) is 0. The Morgan fingerprint density at radius 1 is 0.409 bits per heavy atom. The van der Waals surface area contributed by atoms with E-state index in [0.717, 1.165) is 73.9 Å². The maximum absolute atomic E-state index is 14.7.